The van der Waals surface area contributed by atoms with E-state index >= 15 is 0 Å². The maximum absolute atomic E-state index is 12.6. The second kappa shape index (κ2) is 6.64. The van der Waals surface area contributed by atoms with Gasteiger partial charge < -0.3 is 19.3 Å². The number of aliphatic hydroxyl groups is 1. The van der Waals surface area contributed by atoms with Crippen molar-refractivity contribution in [2.24, 2.45) is 11.8 Å². The molecule has 0 unspecified atom stereocenters. The highest BCUT2D eigenvalue weighted by Gasteiger charge is 2.56. The number of ether oxygens (including phenoxy) is 3. The molecule has 0 aromatic heterocycles. The fraction of sp³-hybridized carbons (Fsp3) is 0.550. The van der Waals surface area contributed by atoms with Crippen molar-refractivity contribution >= 4 is 17.7 Å². The third-order valence-electron chi connectivity index (χ3n) is 5.70. The Labute approximate surface area is 157 Å². The number of allylic oxidation sites excluding steroid dienone is 1. The average molecular weight is 376 g/mol. The van der Waals surface area contributed by atoms with E-state index in [1.165, 1.54) is 6.08 Å². The van der Waals surface area contributed by atoms with Crippen LogP contribution in [0.25, 0.3) is 0 Å². The van der Waals surface area contributed by atoms with E-state index in [2.05, 4.69) is 6.58 Å². The maximum Gasteiger partial charge on any atom is 0.334 e. The Morgan fingerprint density at radius 3 is 2.74 bits per heavy atom. The summed E-state index contributed by atoms with van der Waals surface area (Å²) in [6, 6.07) is 0. The van der Waals surface area contributed by atoms with Gasteiger partial charge in [-0.1, -0.05) is 19.6 Å². The summed E-state index contributed by atoms with van der Waals surface area (Å²) in [5.74, 6) is -2.49. The molecule has 2 saturated heterocycles. The lowest BCUT2D eigenvalue weighted by Crippen LogP contribution is -2.45. The third-order valence-corrected chi connectivity index (χ3v) is 5.70. The Morgan fingerprint density at radius 1 is 1.44 bits per heavy atom. The molecule has 1 N–H and O–H groups in total. The normalized spacial score (nSPS) is 38.9. The van der Waals surface area contributed by atoms with Crippen LogP contribution in [0.5, 0.6) is 0 Å². The van der Waals surface area contributed by atoms with Crippen molar-refractivity contribution in [1.29, 1.82) is 0 Å². The van der Waals surface area contributed by atoms with Crippen LogP contribution >= 0.6 is 0 Å². The van der Waals surface area contributed by atoms with E-state index in [4.69, 9.17) is 14.2 Å². The first-order valence-corrected chi connectivity index (χ1v) is 8.96. The molecular weight excluding hydrogens is 352 g/mol. The fourth-order valence-corrected chi connectivity index (χ4v) is 3.74. The van der Waals surface area contributed by atoms with Gasteiger partial charge in [-0.15, -0.1) is 0 Å². The molecule has 2 fully saturated rings. The molecule has 0 saturated carbocycles. The van der Waals surface area contributed by atoms with Crippen molar-refractivity contribution in [3.8, 4) is 0 Å². The standard InChI is InChI=1S/C20H24O7/c1-6-9(2)18(23)25-13-8-20(5)14(21)7-12(27-20)10(3)16(22)17-15(13)11(4)19(24)26-17/h6-7,10,13,15-17,22H,4,8H2,1-3,5H3/b9-6-/t10-,13-,15+,16-,17-,20+/m0/s1. The topological polar surface area (TPSA) is 99.1 Å². The van der Waals surface area contributed by atoms with Crippen molar-refractivity contribution in [1.82, 2.24) is 0 Å². The maximum atomic E-state index is 12.6. The molecule has 3 heterocycles. The minimum Gasteiger partial charge on any atom is -0.483 e. The first kappa shape index (κ1) is 19.4. The molecular formula is C20H24O7. The van der Waals surface area contributed by atoms with Crippen LogP contribution in [0.4, 0.5) is 0 Å². The van der Waals surface area contributed by atoms with Crippen LogP contribution in [0.2, 0.25) is 0 Å². The molecule has 7 nitrogen and oxygen atoms in total. The lowest BCUT2D eigenvalue weighted by Gasteiger charge is -2.32. The highest BCUT2D eigenvalue weighted by Crippen LogP contribution is 2.44. The molecule has 3 aliphatic heterocycles. The molecule has 0 aromatic rings. The SMILES string of the molecule is C=C1C(=O)O[C@@H]2[C@@H](O)[C@@H](C)C3=CC(=O)[C@@](C)(C[C@H](OC(=O)/C(C)=C\C)[C@@H]12)O3. The van der Waals surface area contributed by atoms with Gasteiger partial charge in [-0.05, 0) is 20.8 Å². The Kier molecular flexibility index (Phi) is 4.76. The minimum absolute atomic E-state index is 0.0187. The summed E-state index contributed by atoms with van der Waals surface area (Å²) in [6.45, 7) is 10.4. The van der Waals surface area contributed by atoms with E-state index in [-0.39, 0.29) is 17.8 Å². The number of rotatable bonds is 2. The summed E-state index contributed by atoms with van der Waals surface area (Å²) in [5.41, 5.74) is -0.748. The van der Waals surface area contributed by atoms with Gasteiger partial charge in [0.05, 0.1) is 5.92 Å². The van der Waals surface area contributed by atoms with Gasteiger partial charge in [-0.2, -0.15) is 0 Å². The molecule has 7 heteroatoms. The highest BCUT2D eigenvalue weighted by molar-refractivity contribution is 5.99. The number of hydrogen-bond acceptors (Lipinski definition) is 7. The monoisotopic (exact) mass is 376 g/mol. The van der Waals surface area contributed by atoms with Crippen LogP contribution in [-0.2, 0) is 28.6 Å². The van der Waals surface area contributed by atoms with E-state index in [1.807, 2.05) is 0 Å². The summed E-state index contributed by atoms with van der Waals surface area (Å²) < 4.78 is 16.9. The second-order valence-electron chi connectivity index (χ2n) is 7.56. The zero-order valence-corrected chi connectivity index (χ0v) is 15.9. The smallest absolute Gasteiger partial charge is 0.334 e. The van der Waals surface area contributed by atoms with Gasteiger partial charge in [0.15, 0.2) is 5.60 Å². The van der Waals surface area contributed by atoms with E-state index in [0.717, 1.165) is 0 Å². The Bertz CT molecular complexity index is 777. The zero-order valence-electron chi connectivity index (χ0n) is 15.9. The summed E-state index contributed by atoms with van der Waals surface area (Å²) in [6.07, 6.45) is -0.0120. The third kappa shape index (κ3) is 3.10. The van der Waals surface area contributed by atoms with Gasteiger partial charge in [0.1, 0.15) is 24.1 Å². The van der Waals surface area contributed by atoms with Crippen molar-refractivity contribution < 1.29 is 33.7 Å². The molecule has 6 atom stereocenters. The first-order valence-electron chi connectivity index (χ1n) is 8.96. The summed E-state index contributed by atoms with van der Waals surface area (Å²) in [5, 5.41) is 10.8. The molecule has 3 rings (SSSR count). The van der Waals surface area contributed by atoms with E-state index in [9.17, 15) is 19.5 Å². The number of aliphatic hydroxyl groups excluding tert-OH is 1. The molecule has 0 amide bonds. The molecule has 146 valence electrons. The van der Waals surface area contributed by atoms with E-state index in [1.54, 1.807) is 33.8 Å². The Balaban J connectivity index is 2.06. The number of carbonyl (C=O) groups excluding carboxylic acids is 3. The number of carbonyl (C=O) groups is 3. The first-order chi connectivity index (χ1) is 12.6. The van der Waals surface area contributed by atoms with Crippen molar-refractivity contribution in [2.75, 3.05) is 0 Å². The molecule has 27 heavy (non-hydrogen) atoms. The van der Waals surface area contributed by atoms with Crippen LogP contribution in [0.15, 0.2) is 35.6 Å². The summed E-state index contributed by atoms with van der Waals surface area (Å²) in [4.78, 5) is 37.1. The van der Waals surface area contributed by atoms with Crippen molar-refractivity contribution in [3.05, 3.63) is 35.6 Å². The molecule has 0 radical (unpaired) electrons. The van der Waals surface area contributed by atoms with Crippen LogP contribution in [0.3, 0.4) is 0 Å². The Hall–Kier alpha value is -2.41. The van der Waals surface area contributed by atoms with E-state index in [0.29, 0.717) is 11.3 Å². The van der Waals surface area contributed by atoms with Gasteiger partial charge in [0, 0.05) is 29.6 Å². The predicted molar refractivity (Wildman–Crippen MR) is 94.2 cm³/mol. The van der Waals surface area contributed by atoms with Gasteiger partial charge in [0.25, 0.3) is 0 Å². The van der Waals surface area contributed by atoms with Crippen molar-refractivity contribution in [2.45, 2.75) is 58.0 Å². The quantitative estimate of drug-likeness (QED) is 0.577. The minimum atomic E-state index is -1.25. The van der Waals surface area contributed by atoms with Gasteiger partial charge in [-0.25, -0.2) is 9.59 Å². The lowest BCUT2D eigenvalue weighted by atomic mass is 9.79. The Morgan fingerprint density at radius 2 is 2.11 bits per heavy atom. The molecule has 0 spiro atoms. The number of fused-ring (bicyclic) bond motifs is 3. The molecule has 0 aromatic carbocycles. The number of esters is 2. The zero-order chi connectivity index (χ0) is 20.1. The number of hydrogen-bond donors (Lipinski definition) is 1. The molecule has 0 aliphatic carbocycles. The highest BCUT2D eigenvalue weighted by atomic mass is 16.6. The van der Waals surface area contributed by atoms with E-state index < -0.39 is 47.7 Å². The number of ketones is 1. The van der Waals surface area contributed by atoms with Gasteiger partial charge in [-0.3, -0.25) is 4.79 Å². The second-order valence-corrected chi connectivity index (χ2v) is 7.56. The predicted octanol–water partition coefficient (Wildman–Crippen LogP) is 1.60. The fourth-order valence-electron chi connectivity index (χ4n) is 3.74. The lowest BCUT2D eigenvalue weighted by molar-refractivity contribution is -0.156. The van der Waals surface area contributed by atoms with Gasteiger partial charge in [0.2, 0.25) is 5.78 Å². The largest absolute Gasteiger partial charge is 0.483 e. The summed E-state index contributed by atoms with van der Waals surface area (Å²) >= 11 is 0. The van der Waals surface area contributed by atoms with Crippen LogP contribution in [-0.4, -0.2) is 46.7 Å². The molecule has 3 aliphatic rings. The van der Waals surface area contributed by atoms with Crippen molar-refractivity contribution in [3.63, 3.8) is 0 Å². The van der Waals surface area contributed by atoms with Gasteiger partial charge >= 0.3 is 11.9 Å². The van der Waals surface area contributed by atoms with Crippen LogP contribution in [0.1, 0.15) is 34.1 Å². The summed E-state index contributed by atoms with van der Waals surface area (Å²) in [7, 11) is 0. The van der Waals surface area contributed by atoms with Crippen LogP contribution in [0, 0.1) is 11.8 Å². The molecule has 2 bridgehead atoms. The van der Waals surface area contributed by atoms with Crippen LogP contribution < -0.4 is 0 Å². The average Bonchev–Trinajstić information content (AvgIpc) is 3.08.